The van der Waals surface area contributed by atoms with Crippen molar-refractivity contribution in [2.75, 3.05) is 18.0 Å². The number of aryl methyl sites for hydroxylation is 2. The molecule has 2 atom stereocenters. The quantitative estimate of drug-likeness (QED) is 0.515. The van der Waals surface area contributed by atoms with Crippen molar-refractivity contribution in [3.63, 3.8) is 0 Å². The summed E-state index contributed by atoms with van der Waals surface area (Å²) < 4.78 is 6.49. The molecule has 1 fully saturated rings. The third-order valence-corrected chi connectivity index (χ3v) is 7.98. The van der Waals surface area contributed by atoms with Gasteiger partial charge in [0, 0.05) is 30.6 Å². The fraction of sp³-hybridized carbons (Fsp3) is 0.367. The number of hydrogen-bond acceptors (Lipinski definition) is 4. The summed E-state index contributed by atoms with van der Waals surface area (Å²) in [6.07, 6.45) is 6.48. The van der Waals surface area contributed by atoms with Gasteiger partial charge < -0.3 is 19.5 Å². The molecule has 2 aliphatic heterocycles. The minimum atomic E-state index is -0.0582. The van der Waals surface area contributed by atoms with Gasteiger partial charge in [-0.15, -0.1) is 0 Å². The zero-order valence-electron chi connectivity index (χ0n) is 19.5. The Kier molecular flexibility index (Phi) is 5.62. The molecule has 3 aromatic carbocycles. The standard InChI is InChI=1S/C30H31NO3/c32-18-20-12-14-31(15-13-20)26-8-6-22(7-9-26)29-28-11-10-27(33)17-25(28)19-34-30(29)24-5-4-21-2-1-3-23(21)16-24/h4-11,16-18,20,29-30,33H,1-3,12-15,19H2/t29-,30-/m1/s1. The Balaban J connectivity index is 1.34. The number of fused-ring (bicyclic) bond motifs is 2. The lowest BCUT2D eigenvalue weighted by molar-refractivity contribution is -0.111. The van der Waals surface area contributed by atoms with Gasteiger partial charge in [0.05, 0.1) is 12.7 Å². The molecule has 0 aromatic heterocycles. The highest BCUT2D eigenvalue weighted by Gasteiger charge is 2.34. The maximum atomic E-state index is 11.1. The fourth-order valence-corrected chi connectivity index (χ4v) is 6.06. The molecule has 34 heavy (non-hydrogen) atoms. The molecule has 4 nitrogen and oxygen atoms in total. The van der Waals surface area contributed by atoms with Crippen molar-refractivity contribution in [1.82, 2.24) is 0 Å². The predicted octanol–water partition coefficient (Wildman–Crippen LogP) is 5.70. The average molecular weight is 454 g/mol. The number of piperidine rings is 1. The number of phenols is 1. The van der Waals surface area contributed by atoms with Crippen LogP contribution >= 0.6 is 0 Å². The number of carbonyl (C=O) groups excluding carboxylic acids is 1. The van der Waals surface area contributed by atoms with E-state index >= 15 is 0 Å². The molecule has 4 heteroatoms. The fourth-order valence-electron chi connectivity index (χ4n) is 6.06. The minimum absolute atomic E-state index is 0.0582. The monoisotopic (exact) mass is 453 g/mol. The number of phenolic OH excluding ortho intramolecular Hbond substituents is 1. The number of anilines is 1. The molecule has 6 rings (SSSR count). The first-order valence-electron chi connectivity index (χ1n) is 12.5. The van der Waals surface area contributed by atoms with Crippen LogP contribution in [0.4, 0.5) is 5.69 Å². The Bertz CT molecular complexity index is 1190. The van der Waals surface area contributed by atoms with Crippen LogP contribution in [0.2, 0.25) is 0 Å². The van der Waals surface area contributed by atoms with Gasteiger partial charge in [-0.25, -0.2) is 0 Å². The van der Waals surface area contributed by atoms with E-state index in [9.17, 15) is 9.90 Å². The highest BCUT2D eigenvalue weighted by Crippen LogP contribution is 2.46. The smallest absolute Gasteiger partial charge is 0.123 e. The molecule has 1 aliphatic carbocycles. The van der Waals surface area contributed by atoms with E-state index in [0.717, 1.165) is 44.2 Å². The summed E-state index contributed by atoms with van der Waals surface area (Å²) in [4.78, 5) is 13.5. The second kappa shape index (κ2) is 8.92. The molecule has 0 radical (unpaired) electrons. The second-order valence-corrected chi connectivity index (χ2v) is 10.0. The first-order chi connectivity index (χ1) is 16.7. The number of carbonyl (C=O) groups is 1. The number of benzene rings is 3. The molecular weight excluding hydrogens is 422 g/mol. The molecule has 174 valence electrons. The topological polar surface area (TPSA) is 49.8 Å². The molecule has 3 aliphatic rings. The summed E-state index contributed by atoms with van der Waals surface area (Å²) in [5, 5.41) is 10.1. The van der Waals surface area contributed by atoms with Gasteiger partial charge in [0.1, 0.15) is 12.0 Å². The molecule has 1 N–H and O–H groups in total. The summed E-state index contributed by atoms with van der Waals surface area (Å²) in [5.74, 6) is 0.556. The highest BCUT2D eigenvalue weighted by atomic mass is 16.5. The van der Waals surface area contributed by atoms with Gasteiger partial charge in [0.2, 0.25) is 0 Å². The normalized spacial score (nSPS) is 22.3. The van der Waals surface area contributed by atoms with Crippen molar-refractivity contribution in [2.24, 2.45) is 5.92 Å². The Morgan fingerprint density at radius 1 is 0.853 bits per heavy atom. The first kappa shape index (κ1) is 21.4. The maximum Gasteiger partial charge on any atom is 0.123 e. The van der Waals surface area contributed by atoms with Crippen LogP contribution in [0.5, 0.6) is 5.75 Å². The third-order valence-electron chi connectivity index (χ3n) is 7.98. The second-order valence-electron chi connectivity index (χ2n) is 10.0. The number of rotatable bonds is 4. The Labute approximate surface area is 201 Å². The molecule has 0 saturated carbocycles. The summed E-state index contributed by atoms with van der Waals surface area (Å²) in [6, 6.07) is 21.5. The summed E-state index contributed by atoms with van der Waals surface area (Å²) >= 11 is 0. The average Bonchev–Trinajstić information content (AvgIpc) is 3.36. The van der Waals surface area contributed by atoms with Crippen molar-refractivity contribution >= 4 is 12.0 Å². The van der Waals surface area contributed by atoms with Crippen molar-refractivity contribution in [3.05, 3.63) is 94.0 Å². The van der Waals surface area contributed by atoms with Gasteiger partial charge in [0.25, 0.3) is 0 Å². The molecule has 1 saturated heterocycles. The molecule has 2 heterocycles. The van der Waals surface area contributed by atoms with Gasteiger partial charge in [-0.3, -0.25) is 0 Å². The molecule has 0 amide bonds. The van der Waals surface area contributed by atoms with Gasteiger partial charge >= 0.3 is 0 Å². The van der Waals surface area contributed by atoms with Crippen LogP contribution in [-0.2, 0) is 29.0 Å². The zero-order chi connectivity index (χ0) is 23.1. The molecule has 0 unspecified atom stereocenters. The lowest BCUT2D eigenvalue weighted by atomic mass is 9.79. The van der Waals surface area contributed by atoms with E-state index in [1.54, 1.807) is 6.07 Å². The predicted molar refractivity (Wildman–Crippen MR) is 133 cm³/mol. The van der Waals surface area contributed by atoms with Crippen molar-refractivity contribution in [3.8, 4) is 5.75 Å². The van der Waals surface area contributed by atoms with Crippen LogP contribution in [-0.4, -0.2) is 24.5 Å². The Morgan fingerprint density at radius 2 is 1.62 bits per heavy atom. The largest absolute Gasteiger partial charge is 0.508 e. The van der Waals surface area contributed by atoms with E-state index in [1.807, 2.05) is 6.07 Å². The van der Waals surface area contributed by atoms with E-state index < -0.39 is 0 Å². The summed E-state index contributed by atoms with van der Waals surface area (Å²) in [6.45, 7) is 2.36. The number of hydrogen-bond donors (Lipinski definition) is 1. The molecule has 0 spiro atoms. The Hall–Kier alpha value is -3.11. The van der Waals surface area contributed by atoms with Gasteiger partial charge in [-0.1, -0.05) is 36.4 Å². The highest BCUT2D eigenvalue weighted by molar-refractivity contribution is 5.56. The van der Waals surface area contributed by atoms with Crippen LogP contribution in [0.3, 0.4) is 0 Å². The molecular formula is C30H31NO3. The summed E-state index contributed by atoms with van der Waals surface area (Å²) in [5.41, 5.74) is 8.91. The number of nitrogens with zero attached hydrogens (tertiary/aromatic N) is 1. The van der Waals surface area contributed by atoms with Gasteiger partial charge in [0.15, 0.2) is 0 Å². The maximum absolute atomic E-state index is 11.1. The zero-order valence-corrected chi connectivity index (χ0v) is 19.5. The van der Waals surface area contributed by atoms with E-state index in [4.69, 9.17) is 4.74 Å². The summed E-state index contributed by atoms with van der Waals surface area (Å²) in [7, 11) is 0. The number of aromatic hydroxyl groups is 1. The number of ether oxygens (including phenoxy) is 1. The lowest BCUT2D eigenvalue weighted by Crippen LogP contribution is -2.34. The van der Waals surface area contributed by atoms with E-state index in [-0.39, 0.29) is 23.7 Å². The van der Waals surface area contributed by atoms with Crippen molar-refractivity contribution < 1.29 is 14.6 Å². The van der Waals surface area contributed by atoms with Crippen LogP contribution in [0.1, 0.15) is 64.7 Å². The SMILES string of the molecule is O=CC1CCN(c2ccc([C@@H]3c4ccc(O)cc4CO[C@@H]3c3ccc4c(c3)CCC4)cc2)CC1. The van der Waals surface area contributed by atoms with E-state index in [2.05, 4.69) is 53.4 Å². The van der Waals surface area contributed by atoms with E-state index in [0.29, 0.717) is 6.61 Å². The molecule has 3 aromatic rings. The van der Waals surface area contributed by atoms with Crippen molar-refractivity contribution in [1.29, 1.82) is 0 Å². The third kappa shape index (κ3) is 3.90. The van der Waals surface area contributed by atoms with Crippen LogP contribution in [0, 0.1) is 5.92 Å². The van der Waals surface area contributed by atoms with Crippen LogP contribution < -0.4 is 4.90 Å². The first-order valence-corrected chi connectivity index (χ1v) is 12.5. The van der Waals surface area contributed by atoms with Crippen molar-refractivity contribution in [2.45, 2.75) is 50.7 Å². The van der Waals surface area contributed by atoms with Gasteiger partial charge in [-0.05, 0) is 89.8 Å². The lowest BCUT2D eigenvalue weighted by Gasteiger charge is -2.35. The number of aldehydes is 1. The van der Waals surface area contributed by atoms with E-state index in [1.165, 1.54) is 46.3 Å². The Morgan fingerprint density at radius 3 is 2.41 bits per heavy atom. The minimum Gasteiger partial charge on any atom is -0.508 e. The van der Waals surface area contributed by atoms with Crippen LogP contribution in [0.15, 0.2) is 60.7 Å². The van der Waals surface area contributed by atoms with Gasteiger partial charge in [-0.2, -0.15) is 0 Å². The molecule has 0 bridgehead atoms. The van der Waals surface area contributed by atoms with Crippen LogP contribution in [0.25, 0.3) is 0 Å².